The third-order valence-corrected chi connectivity index (χ3v) is 10.1. The fourth-order valence-electron chi connectivity index (χ4n) is 8.23. The average Bonchev–Trinajstić information content (AvgIpc) is 3.34. The first-order chi connectivity index (χ1) is 14.6. The molecule has 0 amide bonds. The fourth-order valence-corrected chi connectivity index (χ4v) is 8.23. The maximum absolute atomic E-state index is 12.2. The van der Waals surface area contributed by atoms with E-state index in [9.17, 15) is 10.2 Å². The van der Waals surface area contributed by atoms with Crippen molar-refractivity contribution < 1.29 is 14.6 Å². The number of guanidine groups is 1. The van der Waals surface area contributed by atoms with Gasteiger partial charge in [0, 0.05) is 16.7 Å². The van der Waals surface area contributed by atoms with E-state index in [2.05, 4.69) is 24.1 Å². The Bertz CT molecular complexity index is 910. The first-order valence-corrected chi connectivity index (χ1v) is 11.8. The van der Waals surface area contributed by atoms with Crippen molar-refractivity contribution in [2.75, 3.05) is 0 Å². The first-order valence-electron chi connectivity index (χ1n) is 11.8. The van der Waals surface area contributed by atoms with Gasteiger partial charge in [0.25, 0.3) is 0 Å². The number of furan rings is 1. The third kappa shape index (κ3) is 2.72. The molecule has 170 valence electrons. The largest absolute Gasteiger partial charge is 0.472 e. The zero-order valence-electron chi connectivity index (χ0n) is 18.7. The van der Waals surface area contributed by atoms with Crippen LogP contribution in [0, 0.1) is 28.6 Å². The van der Waals surface area contributed by atoms with E-state index in [1.165, 1.54) is 0 Å². The Hall–Kier alpha value is -1.86. The fraction of sp³-hybridized carbons (Fsp3) is 0.750. The lowest BCUT2D eigenvalue weighted by Crippen LogP contribution is -2.64. The molecule has 1 aromatic heterocycles. The Labute approximate surface area is 184 Å². The van der Waals surface area contributed by atoms with Gasteiger partial charge in [-0.15, -0.1) is 5.10 Å². The molecular formula is C24H36N4O3. The molecule has 1 aromatic rings. The van der Waals surface area contributed by atoms with Crippen LogP contribution in [-0.4, -0.2) is 27.5 Å². The molecule has 0 saturated heterocycles. The monoisotopic (exact) mass is 428 g/mol. The predicted molar refractivity (Wildman–Crippen MR) is 119 cm³/mol. The molecule has 6 N–H and O–H groups in total. The highest BCUT2D eigenvalue weighted by atomic mass is 16.3. The molecule has 4 aliphatic rings. The molecule has 0 aliphatic heterocycles. The maximum Gasteiger partial charge on any atom is 0.211 e. The van der Waals surface area contributed by atoms with Crippen LogP contribution in [0.5, 0.6) is 0 Å². The van der Waals surface area contributed by atoms with E-state index in [1.807, 2.05) is 6.07 Å². The van der Waals surface area contributed by atoms with Gasteiger partial charge in [-0.05, 0) is 87.0 Å². The molecule has 1 heterocycles. The van der Waals surface area contributed by atoms with Crippen LogP contribution in [-0.2, 0) is 5.60 Å². The lowest BCUT2D eigenvalue weighted by Gasteiger charge is -2.64. The van der Waals surface area contributed by atoms with E-state index >= 15 is 0 Å². The second-order valence-electron chi connectivity index (χ2n) is 11.1. The van der Waals surface area contributed by atoms with Crippen LogP contribution in [0.4, 0.5) is 0 Å². The van der Waals surface area contributed by atoms with Crippen molar-refractivity contribution in [3.8, 4) is 0 Å². The van der Waals surface area contributed by atoms with E-state index in [-0.39, 0.29) is 17.3 Å². The van der Waals surface area contributed by atoms with E-state index in [4.69, 9.17) is 15.9 Å². The van der Waals surface area contributed by atoms with Crippen LogP contribution < -0.4 is 11.5 Å². The summed E-state index contributed by atoms with van der Waals surface area (Å²) in [7, 11) is 0. The predicted octanol–water partition coefficient (Wildman–Crippen LogP) is 3.25. The number of aliphatic hydroxyl groups is 2. The summed E-state index contributed by atoms with van der Waals surface area (Å²) in [4.78, 5) is 0. The number of fused-ring (bicyclic) bond motifs is 5. The van der Waals surface area contributed by atoms with Crippen molar-refractivity contribution in [2.45, 2.75) is 82.8 Å². The number of hydrogen-bond acceptors (Lipinski definition) is 5. The topological polar surface area (TPSA) is 130 Å². The minimum Gasteiger partial charge on any atom is -0.472 e. The number of rotatable bonds is 2. The van der Waals surface area contributed by atoms with Gasteiger partial charge in [0.05, 0.1) is 18.1 Å². The molecule has 4 fully saturated rings. The first kappa shape index (κ1) is 21.0. The Balaban J connectivity index is 1.44. The lowest BCUT2D eigenvalue weighted by atomic mass is 9.43. The van der Waals surface area contributed by atoms with E-state index < -0.39 is 16.6 Å². The Morgan fingerprint density at radius 3 is 2.58 bits per heavy atom. The van der Waals surface area contributed by atoms with Gasteiger partial charge in [-0.1, -0.05) is 13.8 Å². The SMILES string of the molecule is C[C@]12CCC(=NN=C(N)N)CC1CC[C@@H]1[C@H]2CC[C@]2(C)C(O)(c3ccoc3)CC[C@@]12O. The molecule has 2 unspecified atom stereocenters. The summed E-state index contributed by atoms with van der Waals surface area (Å²) in [5.74, 6) is 1.22. The highest BCUT2D eigenvalue weighted by Crippen LogP contribution is 2.71. The van der Waals surface area contributed by atoms with Crippen LogP contribution in [0.3, 0.4) is 0 Å². The van der Waals surface area contributed by atoms with Crippen molar-refractivity contribution in [1.29, 1.82) is 0 Å². The van der Waals surface area contributed by atoms with Gasteiger partial charge in [0.1, 0.15) is 5.60 Å². The Morgan fingerprint density at radius 1 is 1.06 bits per heavy atom. The summed E-state index contributed by atoms with van der Waals surface area (Å²) in [5.41, 5.74) is 10.5. The standard InChI is InChI=1S/C24H36N4O3/c1-21-8-5-17(27-28-20(25)26)13-15(21)3-4-19-18(21)6-9-22(2)23(29,10-11-24(19,22)30)16-7-12-31-14-16/h7,12,14-15,18-19,29-30H,3-6,8-11,13H2,1-2H3,(H4,25,26,28)/t15?,18-,19-,21+,22-,23?,24-/m1/s1. The summed E-state index contributed by atoms with van der Waals surface area (Å²) in [5, 5.41) is 32.2. The zero-order valence-corrected chi connectivity index (χ0v) is 18.7. The molecule has 0 aromatic carbocycles. The van der Waals surface area contributed by atoms with E-state index in [0.717, 1.165) is 56.2 Å². The molecule has 4 aliphatic carbocycles. The lowest BCUT2D eigenvalue weighted by molar-refractivity contribution is -0.233. The smallest absolute Gasteiger partial charge is 0.211 e. The zero-order chi connectivity index (χ0) is 22.1. The van der Waals surface area contributed by atoms with E-state index in [0.29, 0.717) is 24.7 Å². The van der Waals surface area contributed by atoms with Gasteiger partial charge in [-0.2, -0.15) is 5.10 Å². The number of nitrogens with zero attached hydrogens (tertiary/aromatic N) is 2. The Morgan fingerprint density at radius 2 is 1.87 bits per heavy atom. The molecule has 31 heavy (non-hydrogen) atoms. The van der Waals surface area contributed by atoms with Crippen LogP contribution in [0.1, 0.15) is 77.2 Å². The van der Waals surface area contributed by atoms with Gasteiger partial charge in [-0.3, -0.25) is 0 Å². The van der Waals surface area contributed by atoms with Crippen molar-refractivity contribution in [3.05, 3.63) is 24.2 Å². The van der Waals surface area contributed by atoms with Crippen LogP contribution in [0.2, 0.25) is 0 Å². The normalized spacial score (nSPS) is 48.0. The van der Waals surface area contributed by atoms with Crippen molar-refractivity contribution in [2.24, 2.45) is 50.3 Å². The second kappa shape index (κ2) is 6.82. The summed E-state index contributed by atoms with van der Waals surface area (Å²) in [6.45, 7) is 4.54. The molecular weight excluding hydrogens is 392 g/mol. The second-order valence-corrected chi connectivity index (χ2v) is 11.1. The van der Waals surface area contributed by atoms with Gasteiger partial charge < -0.3 is 26.1 Å². The van der Waals surface area contributed by atoms with Crippen molar-refractivity contribution in [3.63, 3.8) is 0 Å². The molecule has 7 heteroatoms. The molecule has 0 radical (unpaired) electrons. The van der Waals surface area contributed by atoms with Crippen molar-refractivity contribution in [1.82, 2.24) is 0 Å². The highest BCUT2D eigenvalue weighted by molar-refractivity contribution is 5.86. The minimum atomic E-state index is -1.04. The van der Waals surface area contributed by atoms with Gasteiger partial charge >= 0.3 is 0 Å². The highest BCUT2D eigenvalue weighted by Gasteiger charge is 2.72. The molecule has 0 bridgehead atoms. The summed E-state index contributed by atoms with van der Waals surface area (Å²) >= 11 is 0. The minimum absolute atomic E-state index is 0.00433. The van der Waals surface area contributed by atoms with Gasteiger partial charge in [0.2, 0.25) is 5.96 Å². The summed E-state index contributed by atoms with van der Waals surface area (Å²) < 4.78 is 5.31. The van der Waals surface area contributed by atoms with E-state index in [1.54, 1.807) is 12.5 Å². The number of hydrogen-bond donors (Lipinski definition) is 4. The molecule has 4 saturated carbocycles. The summed E-state index contributed by atoms with van der Waals surface area (Å²) in [6.07, 6.45) is 11.3. The number of nitrogens with two attached hydrogens (primary N) is 2. The quantitative estimate of drug-likeness (QED) is 0.326. The third-order valence-electron chi connectivity index (χ3n) is 10.1. The van der Waals surface area contributed by atoms with Crippen LogP contribution in [0.25, 0.3) is 0 Å². The van der Waals surface area contributed by atoms with Crippen LogP contribution >= 0.6 is 0 Å². The molecule has 7 nitrogen and oxygen atoms in total. The van der Waals surface area contributed by atoms with Gasteiger partial charge in [-0.25, -0.2) is 0 Å². The maximum atomic E-state index is 12.2. The van der Waals surface area contributed by atoms with Gasteiger partial charge in [0.15, 0.2) is 0 Å². The van der Waals surface area contributed by atoms with Crippen LogP contribution in [0.15, 0.2) is 33.2 Å². The average molecular weight is 429 g/mol. The van der Waals surface area contributed by atoms with Crippen molar-refractivity contribution >= 4 is 11.7 Å². The Kier molecular flexibility index (Phi) is 4.62. The summed E-state index contributed by atoms with van der Waals surface area (Å²) in [6, 6.07) is 1.86. The molecule has 5 rings (SSSR count). The molecule has 0 spiro atoms. The molecule has 7 atom stereocenters.